The van der Waals surface area contributed by atoms with E-state index in [9.17, 15) is 9.59 Å². The number of amides is 1. The number of carboxylic acids is 1. The van der Waals surface area contributed by atoms with Gasteiger partial charge in [-0.3, -0.25) is 4.79 Å². The lowest BCUT2D eigenvalue weighted by Crippen LogP contribution is -2.37. The molecule has 0 radical (unpaired) electrons. The maximum atomic E-state index is 12.1. The van der Waals surface area contributed by atoms with Crippen LogP contribution in [0.15, 0.2) is 18.2 Å². The number of rotatable bonds is 4. The third kappa shape index (κ3) is 3.87. The highest BCUT2D eigenvalue weighted by molar-refractivity contribution is 6.42. The molecule has 0 aliphatic carbocycles. The summed E-state index contributed by atoms with van der Waals surface area (Å²) >= 11 is 11.8. The minimum atomic E-state index is -1.04. The number of carboxylic acid groups (broad SMARTS) is 1. The number of aliphatic carboxylic acids is 1. The van der Waals surface area contributed by atoms with Crippen molar-refractivity contribution in [1.82, 2.24) is 5.32 Å². The van der Waals surface area contributed by atoms with Crippen molar-refractivity contribution in [1.29, 1.82) is 0 Å². The molecule has 1 aromatic carbocycles. The summed E-state index contributed by atoms with van der Waals surface area (Å²) in [5.41, 5.74) is 0.811. The minimum absolute atomic E-state index is 0.278. The van der Waals surface area contributed by atoms with Crippen LogP contribution in [0.3, 0.4) is 0 Å². The molecular formula is C14H15Cl2NO4. The van der Waals surface area contributed by atoms with Crippen molar-refractivity contribution in [3.05, 3.63) is 33.8 Å². The predicted octanol–water partition coefficient (Wildman–Crippen LogP) is 2.80. The first-order chi connectivity index (χ1) is 9.88. The Bertz CT molecular complexity index is 564. The molecule has 0 spiro atoms. The molecule has 5 nitrogen and oxygen atoms in total. The topological polar surface area (TPSA) is 75.6 Å². The van der Waals surface area contributed by atoms with Gasteiger partial charge in [0.1, 0.15) is 6.10 Å². The van der Waals surface area contributed by atoms with Gasteiger partial charge in [-0.1, -0.05) is 29.3 Å². The Morgan fingerprint density at radius 1 is 1.29 bits per heavy atom. The fourth-order valence-corrected chi connectivity index (χ4v) is 2.49. The van der Waals surface area contributed by atoms with Gasteiger partial charge in [0.2, 0.25) is 5.91 Å². The number of ether oxygens (including phenoxy) is 1. The molecule has 1 unspecified atom stereocenters. The van der Waals surface area contributed by atoms with Crippen molar-refractivity contribution in [3.8, 4) is 0 Å². The summed E-state index contributed by atoms with van der Waals surface area (Å²) in [6.45, 7) is 1.81. The molecule has 1 fully saturated rings. The number of halogens is 2. The first kappa shape index (κ1) is 16.1. The normalized spacial score (nSPS) is 22.8. The number of hydrogen-bond acceptors (Lipinski definition) is 3. The zero-order valence-electron chi connectivity index (χ0n) is 11.3. The zero-order chi connectivity index (χ0) is 15.6. The SMILES string of the molecule is CC(NC(=O)[C@@H]1CC[C@H](C(=O)O)O1)c1ccc(Cl)c(Cl)c1. The molecule has 0 aromatic heterocycles. The summed E-state index contributed by atoms with van der Waals surface area (Å²) in [6.07, 6.45) is -0.886. The minimum Gasteiger partial charge on any atom is -0.479 e. The van der Waals surface area contributed by atoms with Gasteiger partial charge >= 0.3 is 5.97 Å². The molecule has 1 saturated heterocycles. The van der Waals surface area contributed by atoms with E-state index in [4.69, 9.17) is 33.0 Å². The second kappa shape index (κ2) is 6.64. The monoisotopic (exact) mass is 331 g/mol. The summed E-state index contributed by atoms with van der Waals surface area (Å²) in [5.74, 6) is -1.36. The lowest BCUT2D eigenvalue weighted by Gasteiger charge is -2.18. The molecule has 0 bridgehead atoms. The third-order valence-electron chi connectivity index (χ3n) is 3.39. The van der Waals surface area contributed by atoms with Gasteiger partial charge < -0.3 is 15.2 Å². The Morgan fingerprint density at radius 3 is 2.52 bits per heavy atom. The molecule has 114 valence electrons. The maximum absolute atomic E-state index is 12.1. The van der Waals surface area contributed by atoms with E-state index >= 15 is 0 Å². The van der Waals surface area contributed by atoms with Crippen LogP contribution in [0.25, 0.3) is 0 Å². The number of benzene rings is 1. The van der Waals surface area contributed by atoms with Gasteiger partial charge in [0.05, 0.1) is 16.1 Å². The van der Waals surface area contributed by atoms with Gasteiger partial charge in [0, 0.05) is 0 Å². The first-order valence-corrected chi connectivity index (χ1v) is 7.27. The molecule has 1 aromatic rings. The smallest absolute Gasteiger partial charge is 0.332 e. The highest BCUT2D eigenvalue weighted by atomic mass is 35.5. The fraction of sp³-hybridized carbons (Fsp3) is 0.429. The van der Waals surface area contributed by atoms with Crippen molar-refractivity contribution < 1.29 is 19.4 Å². The van der Waals surface area contributed by atoms with Gasteiger partial charge in [0.15, 0.2) is 6.10 Å². The molecule has 3 atom stereocenters. The zero-order valence-corrected chi connectivity index (χ0v) is 12.8. The van der Waals surface area contributed by atoms with Crippen LogP contribution in [-0.2, 0) is 14.3 Å². The molecule has 7 heteroatoms. The lowest BCUT2D eigenvalue weighted by molar-refractivity contribution is -0.151. The van der Waals surface area contributed by atoms with E-state index in [1.54, 1.807) is 25.1 Å². The molecular weight excluding hydrogens is 317 g/mol. The van der Waals surface area contributed by atoms with Crippen LogP contribution >= 0.6 is 23.2 Å². The maximum Gasteiger partial charge on any atom is 0.332 e. The average Bonchev–Trinajstić information content (AvgIpc) is 2.91. The third-order valence-corrected chi connectivity index (χ3v) is 4.13. The van der Waals surface area contributed by atoms with Crippen LogP contribution in [0.4, 0.5) is 0 Å². The van der Waals surface area contributed by atoms with Crippen LogP contribution in [0.1, 0.15) is 31.4 Å². The van der Waals surface area contributed by atoms with Crippen molar-refractivity contribution >= 4 is 35.1 Å². The van der Waals surface area contributed by atoms with E-state index in [0.717, 1.165) is 5.56 Å². The van der Waals surface area contributed by atoms with Gasteiger partial charge in [-0.15, -0.1) is 0 Å². The molecule has 2 rings (SSSR count). The number of carbonyl (C=O) groups excluding carboxylic acids is 1. The van der Waals surface area contributed by atoms with Gasteiger partial charge in [-0.2, -0.15) is 0 Å². The van der Waals surface area contributed by atoms with E-state index in [1.807, 2.05) is 0 Å². The summed E-state index contributed by atoms with van der Waals surface area (Å²) in [7, 11) is 0. The van der Waals surface area contributed by atoms with Crippen molar-refractivity contribution in [2.45, 2.75) is 38.0 Å². The van der Waals surface area contributed by atoms with Gasteiger partial charge in [-0.25, -0.2) is 4.79 Å². The second-order valence-corrected chi connectivity index (χ2v) is 5.75. The largest absolute Gasteiger partial charge is 0.479 e. The first-order valence-electron chi connectivity index (χ1n) is 6.52. The standard InChI is InChI=1S/C14H15Cl2NO4/c1-7(8-2-3-9(15)10(16)6-8)17-13(18)11-4-5-12(21-11)14(19)20/h2-3,6-7,11-12H,4-5H2,1H3,(H,17,18)(H,19,20)/t7?,11-,12+/m0/s1. The molecule has 1 aliphatic rings. The predicted molar refractivity (Wildman–Crippen MR) is 78.6 cm³/mol. The van der Waals surface area contributed by atoms with Crippen molar-refractivity contribution in [2.75, 3.05) is 0 Å². The fourth-order valence-electron chi connectivity index (χ4n) is 2.18. The summed E-state index contributed by atoms with van der Waals surface area (Å²) in [4.78, 5) is 22.9. The number of nitrogens with one attached hydrogen (secondary N) is 1. The Labute approximate surface area is 132 Å². The highest BCUT2D eigenvalue weighted by Gasteiger charge is 2.35. The van der Waals surface area contributed by atoms with Crippen LogP contribution in [-0.4, -0.2) is 29.2 Å². The molecule has 21 heavy (non-hydrogen) atoms. The van der Waals surface area contributed by atoms with Gasteiger partial charge in [-0.05, 0) is 37.5 Å². The van der Waals surface area contributed by atoms with E-state index in [0.29, 0.717) is 22.9 Å². The Morgan fingerprint density at radius 2 is 1.95 bits per heavy atom. The molecule has 0 saturated carbocycles. The Hall–Kier alpha value is -1.30. The summed E-state index contributed by atoms with van der Waals surface area (Å²) < 4.78 is 5.21. The second-order valence-electron chi connectivity index (χ2n) is 4.93. The molecule has 2 N–H and O–H groups in total. The summed E-state index contributed by atoms with van der Waals surface area (Å²) in [6, 6.07) is 4.84. The van der Waals surface area contributed by atoms with Crippen molar-refractivity contribution in [3.63, 3.8) is 0 Å². The lowest BCUT2D eigenvalue weighted by atomic mass is 10.1. The Kier molecular flexibility index (Phi) is 5.08. The molecule has 1 amide bonds. The van der Waals surface area contributed by atoms with Crippen LogP contribution in [0.2, 0.25) is 10.0 Å². The van der Waals surface area contributed by atoms with E-state index in [2.05, 4.69) is 5.32 Å². The van der Waals surface area contributed by atoms with E-state index < -0.39 is 18.2 Å². The average molecular weight is 332 g/mol. The highest BCUT2D eigenvalue weighted by Crippen LogP contribution is 2.26. The number of hydrogen-bond donors (Lipinski definition) is 2. The van der Waals surface area contributed by atoms with Crippen molar-refractivity contribution in [2.24, 2.45) is 0 Å². The quantitative estimate of drug-likeness (QED) is 0.889. The Balaban J connectivity index is 1.96. The van der Waals surface area contributed by atoms with E-state index in [-0.39, 0.29) is 11.9 Å². The van der Waals surface area contributed by atoms with E-state index in [1.165, 1.54) is 0 Å². The van der Waals surface area contributed by atoms with Crippen LogP contribution < -0.4 is 5.32 Å². The molecule has 1 aliphatic heterocycles. The summed E-state index contributed by atoms with van der Waals surface area (Å²) in [5, 5.41) is 12.5. The van der Waals surface area contributed by atoms with Crippen LogP contribution in [0, 0.1) is 0 Å². The molecule has 1 heterocycles. The van der Waals surface area contributed by atoms with Gasteiger partial charge in [0.25, 0.3) is 0 Å². The number of carbonyl (C=O) groups is 2. The van der Waals surface area contributed by atoms with Crippen LogP contribution in [0.5, 0.6) is 0 Å².